The van der Waals surface area contributed by atoms with E-state index >= 15 is 0 Å². The van der Waals surface area contributed by atoms with Crippen molar-refractivity contribution >= 4 is 17.3 Å². The first-order valence-corrected chi connectivity index (χ1v) is 9.52. The van der Waals surface area contributed by atoms with Crippen molar-refractivity contribution in [2.45, 2.75) is 32.4 Å². The molecule has 154 valence electrons. The molecule has 0 bridgehead atoms. The second kappa shape index (κ2) is 8.81. The molecule has 8 heteroatoms. The van der Waals surface area contributed by atoms with E-state index in [-0.39, 0.29) is 17.6 Å². The molecule has 1 fully saturated rings. The molecule has 1 aliphatic carbocycles. The van der Waals surface area contributed by atoms with Gasteiger partial charge in [0.25, 0.3) is 11.6 Å². The molecule has 0 heterocycles. The summed E-state index contributed by atoms with van der Waals surface area (Å²) in [5.41, 5.74) is 1.54. The van der Waals surface area contributed by atoms with Gasteiger partial charge in [-0.2, -0.15) is 0 Å². The van der Waals surface area contributed by atoms with Crippen molar-refractivity contribution < 1.29 is 19.2 Å². The summed E-state index contributed by atoms with van der Waals surface area (Å²) in [6, 6.07) is 10.4. The van der Waals surface area contributed by atoms with Crippen LogP contribution in [0.1, 0.15) is 35.7 Å². The summed E-state index contributed by atoms with van der Waals surface area (Å²) in [5.74, 6) is 0.933. The van der Waals surface area contributed by atoms with Gasteiger partial charge in [-0.25, -0.2) is 0 Å². The van der Waals surface area contributed by atoms with E-state index in [0.29, 0.717) is 35.8 Å². The maximum Gasteiger partial charge on any atom is 0.293 e. The van der Waals surface area contributed by atoms with Crippen LogP contribution >= 0.6 is 0 Å². The number of carbonyl (C=O) groups excluding carboxylic acids is 1. The number of nitro benzene ring substituents is 1. The fourth-order valence-electron chi connectivity index (χ4n) is 3.09. The Morgan fingerprint density at radius 2 is 1.90 bits per heavy atom. The number of rotatable bonds is 9. The van der Waals surface area contributed by atoms with Crippen molar-refractivity contribution in [3.8, 4) is 11.5 Å². The van der Waals surface area contributed by atoms with Crippen molar-refractivity contribution in [2.24, 2.45) is 0 Å². The summed E-state index contributed by atoms with van der Waals surface area (Å²) in [4.78, 5) is 25.7. The number of hydrogen-bond donors (Lipinski definition) is 1. The molecule has 1 N–H and O–H groups in total. The summed E-state index contributed by atoms with van der Waals surface area (Å²) >= 11 is 0. The Morgan fingerprint density at radius 3 is 2.48 bits per heavy atom. The standard InChI is InChI=1S/C21H25N3O5/c1-4-23(13-14-5-10-19(28-2)20(11-14)29-3)21(25)15-6-9-17(22-16-7-8-16)18(12-15)24(26)27/h5-6,9-12,16,22H,4,7-8,13H2,1-3H3. The van der Waals surface area contributed by atoms with Crippen LogP contribution in [-0.4, -0.2) is 42.5 Å². The number of benzene rings is 2. The SMILES string of the molecule is CCN(Cc1ccc(OC)c(OC)c1)C(=O)c1ccc(NC2CC2)c([N+](=O)[O-])c1. The Bertz CT molecular complexity index is 911. The van der Waals surface area contributed by atoms with E-state index in [1.54, 1.807) is 37.3 Å². The van der Waals surface area contributed by atoms with Crippen LogP contribution in [0, 0.1) is 10.1 Å². The molecular formula is C21H25N3O5. The molecule has 0 unspecified atom stereocenters. The topological polar surface area (TPSA) is 93.9 Å². The molecule has 2 aromatic rings. The lowest BCUT2D eigenvalue weighted by Crippen LogP contribution is -2.30. The first kappa shape index (κ1) is 20.4. The van der Waals surface area contributed by atoms with Gasteiger partial charge in [0.2, 0.25) is 0 Å². The Hall–Kier alpha value is -3.29. The Morgan fingerprint density at radius 1 is 1.17 bits per heavy atom. The van der Waals surface area contributed by atoms with Gasteiger partial charge in [0, 0.05) is 30.8 Å². The predicted molar refractivity (Wildman–Crippen MR) is 110 cm³/mol. The van der Waals surface area contributed by atoms with Gasteiger partial charge >= 0.3 is 0 Å². The van der Waals surface area contributed by atoms with Gasteiger partial charge < -0.3 is 19.7 Å². The predicted octanol–water partition coefficient (Wildman–Crippen LogP) is 3.85. The molecule has 2 aromatic carbocycles. The molecular weight excluding hydrogens is 374 g/mol. The van der Waals surface area contributed by atoms with Crippen molar-refractivity contribution in [3.05, 3.63) is 57.6 Å². The molecule has 0 radical (unpaired) electrons. The van der Waals surface area contributed by atoms with E-state index in [0.717, 1.165) is 18.4 Å². The molecule has 0 saturated heterocycles. The molecule has 1 aliphatic rings. The van der Waals surface area contributed by atoms with Crippen LogP contribution in [0.15, 0.2) is 36.4 Å². The summed E-state index contributed by atoms with van der Waals surface area (Å²) in [6.45, 7) is 2.69. The lowest BCUT2D eigenvalue weighted by Gasteiger charge is -2.22. The number of nitrogens with one attached hydrogen (secondary N) is 1. The number of anilines is 1. The Labute approximate surface area is 169 Å². The fourth-order valence-corrected chi connectivity index (χ4v) is 3.09. The zero-order valence-electron chi connectivity index (χ0n) is 16.8. The first-order valence-electron chi connectivity index (χ1n) is 9.52. The van der Waals surface area contributed by atoms with Crippen LogP contribution in [0.5, 0.6) is 11.5 Å². The molecule has 1 amide bonds. The molecule has 0 atom stereocenters. The van der Waals surface area contributed by atoms with Gasteiger partial charge in [0.15, 0.2) is 11.5 Å². The highest BCUT2D eigenvalue weighted by Gasteiger charge is 2.26. The van der Waals surface area contributed by atoms with Crippen molar-refractivity contribution in [3.63, 3.8) is 0 Å². The lowest BCUT2D eigenvalue weighted by molar-refractivity contribution is -0.384. The monoisotopic (exact) mass is 399 g/mol. The quantitative estimate of drug-likeness (QED) is 0.508. The molecule has 0 spiro atoms. The van der Waals surface area contributed by atoms with Crippen LogP contribution in [0.25, 0.3) is 0 Å². The Kier molecular flexibility index (Phi) is 6.21. The molecule has 29 heavy (non-hydrogen) atoms. The van der Waals surface area contributed by atoms with Crippen LogP contribution in [0.4, 0.5) is 11.4 Å². The van der Waals surface area contributed by atoms with Gasteiger partial charge in [-0.1, -0.05) is 6.07 Å². The fraction of sp³-hybridized carbons (Fsp3) is 0.381. The number of carbonyl (C=O) groups is 1. The number of amides is 1. The van der Waals surface area contributed by atoms with E-state index in [1.165, 1.54) is 6.07 Å². The minimum atomic E-state index is -0.452. The van der Waals surface area contributed by atoms with Gasteiger partial charge in [0.05, 0.1) is 19.1 Å². The summed E-state index contributed by atoms with van der Waals surface area (Å²) < 4.78 is 10.6. The van der Waals surface area contributed by atoms with E-state index < -0.39 is 4.92 Å². The third-order valence-corrected chi connectivity index (χ3v) is 4.87. The third kappa shape index (κ3) is 4.77. The van der Waals surface area contributed by atoms with Crippen molar-refractivity contribution in [2.75, 3.05) is 26.1 Å². The number of nitrogens with zero attached hydrogens (tertiary/aromatic N) is 2. The average molecular weight is 399 g/mol. The maximum atomic E-state index is 13.0. The number of ether oxygens (including phenoxy) is 2. The second-order valence-corrected chi connectivity index (χ2v) is 6.92. The van der Waals surface area contributed by atoms with E-state index in [9.17, 15) is 14.9 Å². The molecule has 0 aromatic heterocycles. The molecule has 8 nitrogen and oxygen atoms in total. The minimum Gasteiger partial charge on any atom is -0.493 e. The van der Waals surface area contributed by atoms with Crippen LogP contribution in [0.2, 0.25) is 0 Å². The number of nitro groups is 1. The van der Waals surface area contributed by atoms with E-state index in [1.807, 2.05) is 19.1 Å². The minimum absolute atomic E-state index is 0.0788. The van der Waals surface area contributed by atoms with Gasteiger partial charge in [0.1, 0.15) is 5.69 Å². The lowest BCUT2D eigenvalue weighted by atomic mass is 10.1. The van der Waals surface area contributed by atoms with Gasteiger partial charge in [-0.05, 0) is 49.6 Å². The van der Waals surface area contributed by atoms with E-state index in [2.05, 4.69) is 5.32 Å². The summed E-state index contributed by atoms with van der Waals surface area (Å²) in [5, 5.41) is 14.6. The average Bonchev–Trinajstić information content (AvgIpc) is 3.55. The summed E-state index contributed by atoms with van der Waals surface area (Å²) in [6.07, 6.45) is 2.01. The second-order valence-electron chi connectivity index (χ2n) is 6.92. The third-order valence-electron chi connectivity index (χ3n) is 4.87. The van der Waals surface area contributed by atoms with Crippen LogP contribution in [0.3, 0.4) is 0 Å². The van der Waals surface area contributed by atoms with Crippen LogP contribution in [-0.2, 0) is 6.54 Å². The van der Waals surface area contributed by atoms with Crippen LogP contribution < -0.4 is 14.8 Å². The van der Waals surface area contributed by atoms with Crippen molar-refractivity contribution in [1.29, 1.82) is 0 Å². The Balaban J connectivity index is 1.81. The smallest absolute Gasteiger partial charge is 0.293 e. The van der Waals surface area contributed by atoms with E-state index in [4.69, 9.17) is 9.47 Å². The number of methoxy groups -OCH3 is 2. The van der Waals surface area contributed by atoms with Crippen molar-refractivity contribution in [1.82, 2.24) is 4.90 Å². The zero-order chi connectivity index (χ0) is 21.0. The van der Waals surface area contributed by atoms with Gasteiger partial charge in [-0.3, -0.25) is 14.9 Å². The highest BCUT2D eigenvalue weighted by molar-refractivity contribution is 5.95. The highest BCUT2D eigenvalue weighted by Crippen LogP contribution is 2.32. The highest BCUT2D eigenvalue weighted by atomic mass is 16.6. The normalized spacial score (nSPS) is 12.9. The molecule has 1 saturated carbocycles. The summed E-state index contributed by atoms with van der Waals surface area (Å²) in [7, 11) is 3.12. The number of hydrogen-bond acceptors (Lipinski definition) is 6. The molecule has 3 rings (SSSR count). The maximum absolute atomic E-state index is 13.0. The molecule has 0 aliphatic heterocycles. The zero-order valence-corrected chi connectivity index (χ0v) is 16.8. The largest absolute Gasteiger partial charge is 0.493 e. The first-order chi connectivity index (χ1) is 14.0. The van der Waals surface area contributed by atoms with Gasteiger partial charge in [-0.15, -0.1) is 0 Å².